The van der Waals surface area contributed by atoms with E-state index in [1.807, 2.05) is 36.4 Å². The fourth-order valence-electron chi connectivity index (χ4n) is 2.43. The van der Waals surface area contributed by atoms with Crippen LogP contribution in [0.15, 0.2) is 54.6 Å². The molecule has 0 aliphatic heterocycles. The SMILES string of the molecule is CCCCc1ccc(NC(=O)c2ccc(/C=C/C(C)(C)C)cc2)cc1. The number of carbonyl (C=O) groups is 1. The first-order valence-corrected chi connectivity index (χ1v) is 9.07. The van der Waals surface area contributed by atoms with Crippen molar-refractivity contribution in [3.63, 3.8) is 0 Å². The summed E-state index contributed by atoms with van der Waals surface area (Å²) in [5.41, 5.74) is 4.07. The molecule has 0 bridgehead atoms. The average molecular weight is 335 g/mol. The van der Waals surface area contributed by atoms with Gasteiger partial charge >= 0.3 is 0 Å². The Kier molecular flexibility index (Phi) is 6.58. The molecule has 0 heterocycles. The second-order valence-electron chi connectivity index (χ2n) is 7.58. The maximum atomic E-state index is 12.4. The van der Waals surface area contributed by atoms with Crippen LogP contribution in [0.3, 0.4) is 0 Å². The van der Waals surface area contributed by atoms with Gasteiger partial charge in [-0.2, -0.15) is 0 Å². The minimum absolute atomic E-state index is 0.0762. The van der Waals surface area contributed by atoms with Crippen molar-refractivity contribution >= 4 is 17.7 Å². The Labute approximate surface area is 152 Å². The van der Waals surface area contributed by atoms with Gasteiger partial charge in [-0.15, -0.1) is 0 Å². The number of carbonyl (C=O) groups excluding carboxylic acids is 1. The van der Waals surface area contributed by atoms with E-state index >= 15 is 0 Å². The summed E-state index contributed by atoms with van der Waals surface area (Å²) in [6.07, 6.45) is 7.74. The molecule has 1 N–H and O–H groups in total. The number of unbranched alkanes of at least 4 members (excludes halogenated alkanes) is 1. The molecule has 0 spiro atoms. The summed E-state index contributed by atoms with van der Waals surface area (Å²) in [5.74, 6) is -0.0762. The van der Waals surface area contributed by atoms with Crippen LogP contribution in [-0.4, -0.2) is 5.91 Å². The third-order valence-corrected chi connectivity index (χ3v) is 3.98. The minimum atomic E-state index is -0.0762. The van der Waals surface area contributed by atoms with Crippen LogP contribution in [0.25, 0.3) is 6.08 Å². The molecule has 0 radical (unpaired) electrons. The molecule has 0 aromatic heterocycles. The van der Waals surface area contributed by atoms with E-state index in [0.717, 1.165) is 17.7 Å². The van der Waals surface area contributed by atoms with Crippen LogP contribution in [0.2, 0.25) is 0 Å². The van der Waals surface area contributed by atoms with Crippen LogP contribution in [0.1, 0.15) is 62.0 Å². The summed E-state index contributed by atoms with van der Waals surface area (Å²) in [6, 6.07) is 15.8. The molecule has 0 saturated heterocycles. The second-order valence-corrected chi connectivity index (χ2v) is 7.58. The van der Waals surface area contributed by atoms with E-state index in [4.69, 9.17) is 0 Å². The molecule has 2 heteroatoms. The van der Waals surface area contributed by atoms with Gasteiger partial charge in [0.05, 0.1) is 0 Å². The molecule has 0 fully saturated rings. The Bertz CT molecular complexity index is 703. The normalized spacial score (nSPS) is 11.7. The number of rotatable bonds is 6. The maximum absolute atomic E-state index is 12.4. The first-order chi connectivity index (χ1) is 11.9. The smallest absolute Gasteiger partial charge is 0.255 e. The van der Waals surface area contributed by atoms with Crippen molar-refractivity contribution in [2.75, 3.05) is 5.32 Å². The Hall–Kier alpha value is -2.35. The van der Waals surface area contributed by atoms with Gasteiger partial charge in [0, 0.05) is 11.3 Å². The Balaban J connectivity index is 1.97. The predicted molar refractivity (Wildman–Crippen MR) is 108 cm³/mol. The molecule has 0 unspecified atom stereocenters. The molecule has 2 rings (SSSR count). The van der Waals surface area contributed by atoms with Gasteiger partial charge in [-0.1, -0.05) is 70.5 Å². The van der Waals surface area contributed by atoms with E-state index < -0.39 is 0 Å². The number of amides is 1. The highest BCUT2D eigenvalue weighted by Gasteiger charge is 2.07. The van der Waals surface area contributed by atoms with Gasteiger partial charge in [-0.05, 0) is 53.6 Å². The lowest BCUT2D eigenvalue weighted by Crippen LogP contribution is -2.11. The van der Waals surface area contributed by atoms with Crippen LogP contribution in [0, 0.1) is 5.41 Å². The topological polar surface area (TPSA) is 29.1 Å². The van der Waals surface area contributed by atoms with Gasteiger partial charge in [-0.25, -0.2) is 0 Å². The van der Waals surface area contributed by atoms with Crippen LogP contribution in [0.5, 0.6) is 0 Å². The number of benzene rings is 2. The third kappa shape index (κ3) is 6.58. The fraction of sp³-hybridized carbons (Fsp3) is 0.348. The largest absolute Gasteiger partial charge is 0.322 e. The summed E-state index contributed by atoms with van der Waals surface area (Å²) < 4.78 is 0. The zero-order valence-corrected chi connectivity index (χ0v) is 15.8. The van der Waals surface area contributed by atoms with Crippen molar-refractivity contribution in [1.29, 1.82) is 0 Å². The monoisotopic (exact) mass is 335 g/mol. The number of aryl methyl sites for hydroxylation is 1. The van der Waals surface area contributed by atoms with E-state index in [0.29, 0.717) is 5.56 Å². The Morgan fingerprint density at radius 3 is 2.20 bits per heavy atom. The van der Waals surface area contributed by atoms with Gasteiger partial charge < -0.3 is 5.32 Å². The van der Waals surface area contributed by atoms with Crippen molar-refractivity contribution in [2.45, 2.75) is 47.0 Å². The summed E-state index contributed by atoms with van der Waals surface area (Å²) in [7, 11) is 0. The average Bonchev–Trinajstić information content (AvgIpc) is 2.59. The Morgan fingerprint density at radius 2 is 1.64 bits per heavy atom. The number of hydrogen-bond donors (Lipinski definition) is 1. The summed E-state index contributed by atoms with van der Waals surface area (Å²) in [4.78, 5) is 12.4. The van der Waals surface area contributed by atoms with E-state index in [2.05, 4.69) is 57.3 Å². The maximum Gasteiger partial charge on any atom is 0.255 e. The van der Waals surface area contributed by atoms with Crippen molar-refractivity contribution in [1.82, 2.24) is 0 Å². The standard InChI is InChI=1S/C23H29NO/c1-5-6-7-18-10-14-21(15-11-18)24-22(25)20-12-8-19(9-13-20)16-17-23(2,3)4/h8-17H,5-7H2,1-4H3,(H,24,25)/b17-16+. The zero-order chi connectivity index (χ0) is 18.3. The predicted octanol–water partition coefficient (Wildman–Crippen LogP) is 6.34. The molecular formula is C23H29NO. The zero-order valence-electron chi connectivity index (χ0n) is 15.8. The molecule has 2 aromatic rings. The van der Waals surface area contributed by atoms with Gasteiger partial charge in [0.15, 0.2) is 0 Å². The number of nitrogens with one attached hydrogen (secondary N) is 1. The minimum Gasteiger partial charge on any atom is -0.322 e. The molecule has 0 aliphatic rings. The van der Waals surface area contributed by atoms with E-state index in [1.54, 1.807) is 0 Å². The van der Waals surface area contributed by atoms with Crippen LogP contribution in [0.4, 0.5) is 5.69 Å². The molecule has 25 heavy (non-hydrogen) atoms. The first-order valence-electron chi connectivity index (χ1n) is 9.07. The fourth-order valence-corrected chi connectivity index (χ4v) is 2.43. The van der Waals surface area contributed by atoms with Gasteiger partial charge in [0.2, 0.25) is 0 Å². The van der Waals surface area contributed by atoms with Gasteiger partial charge in [0.25, 0.3) is 5.91 Å². The summed E-state index contributed by atoms with van der Waals surface area (Å²) >= 11 is 0. The highest BCUT2D eigenvalue weighted by molar-refractivity contribution is 6.04. The second kappa shape index (κ2) is 8.66. The molecule has 132 valence electrons. The molecule has 1 amide bonds. The molecule has 2 nitrogen and oxygen atoms in total. The van der Waals surface area contributed by atoms with Crippen LogP contribution in [-0.2, 0) is 6.42 Å². The molecule has 0 atom stereocenters. The van der Waals surface area contributed by atoms with Crippen molar-refractivity contribution in [3.05, 3.63) is 71.3 Å². The van der Waals surface area contributed by atoms with Gasteiger partial charge in [-0.3, -0.25) is 4.79 Å². The van der Waals surface area contributed by atoms with Gasteiger partial charge in [0.1, 0.15) is 0 Å². The lowest BCUT2D eigenvalue weighted by molar-refractivity contribution is 0.102. The lowest BCUT2D eigenvalue weighted by atomic mass is 9.95. The highest BCUT2D eigenvalue weighted by atomic mass is 16.1. The lowest BCUT2D eigenvalue weighted by Gasteiger charge is -2.11. The van der Waals surface area contributed by atoms with Crippen LogP contribution >= 0.6 is 0 Å². The summed E-state index contributed by atoms with van der Waals surface area (Å²) in [6.45, 7) is 8.69. The molecule has 0 saturated carbocycles. The number of hydrogen-bond acceptors (Lipinski definition) is 1. The number of anilines is 1. The summed E-state index contributed by atoms with van der Waals surface area (Å²) in [5, 5.41) is 2.96. The van der Waals surface area contributed by atoms with E-state index in [1.165, 1.54) is 18.4 Å². The number of allylic oxidation sites excluding steroid dienone is 1. The third-order valence-electron chi connectivity index (χ3n) is 3.98. The highest BCUT2D eigenvalue weighted by Crippen LogP contribution is 2.18. The molecular weight excluding hydrogens is 306 g/mol. The van der Waals surface area contributed by atoms with Crippen molar-refractivity contribution in [2.24, 2.45) is 5.41 Å². The van der Waals surface area contributed by atoms with Crippen molar-refractivity contribution < 1.29 is 4.79 Å². The molecule has 0 aliphatic carbocycles. The van der Waals surface area contributed by atoms with Crippen molar-refractivity contribution in [3.8, 4) is 0 Å². The van der Waals surface area contributed by atoms with Crippen LogP contribution < -0.4 is 5.32 Å². The quantitative estimate of drug-likeness (QED) is 0.655. The first kappa shape index (κ1) is 19.0. The molecule has 2 aromatic carbocycles. The van der Waals surface area contributed by atoms with E-state index in [-0.39, 0.29) is 11.3 Å². The Morgan fingerprint density at radius 1 is 1.00 bits per heavy atom. The van der Waals surface area contributed by atoms with E-state index in [9.17, 15) is 4.79 Å².